The lowest BCUT2D eigenvalue weighted by molar-refractivity contribution is 0.210. The zero-order valence-electron chi connectivity index (χ0n) is 11.2. The second kappa shape index (κ2) is 5.29. The lowest BCUT2D eigenvalue weighted by Gasteiger charge is -2.35. The molecule has 2 aromatic carbocycles. The fraction of sp³-hybridized carbons (Fsp3) is 0.188. The van der Waals surface area contributed by atoms with Gasteiger partial charge in [0.1, 0.15) is 0 Å². The van der Waals surface area contributed by atoms with Crippen LogP contribution in [0.15, 0.2) is 53.0 Å². The molecule has 0 atom stereocenters. The largest absolute Gasteiger partial charge is 0.324 e. The van der Waals surface area contributed by atoms with Crippen molar-refractivity contribution in [3.8, 4) is 0 Å². The molecule has 0 aliphatic carbocycles. The van der Waals surface area contributed by atoms with Crippen molar-refractivity contribution in [2.24, 2.45) is 0 Å². The van der Waals surface area contributed by atoms with Crippen LogP contribution in [-0.4, -0.2) is 18.0 Å². The number of hydrogen-bond donors (Lipinski definition) is 0. The van der Waals surface area contributed by atoms with Gasteiger partial charge in [-0.3, -0.25) is 4.90 Å². The maximum atomic E-state index is 12.4. The van der Waals surface area contributed by atoms with E-state index < -0.39 is 0 Å². The Bertz CT molecular complexity index is 642. The minimum Gasteiger partial charge on any atom is -0.323 e. The molecule has 0 spiro atoms. The molecule has 3 nitrogen and oxygen atoms in total. The summed E-state index contributed by atoms with van der Waals surface area (Å²) in [7, 11) is 1.84. The Morgan fingerprint density at radius 1 is 1.10 bits per heavy atom. The van der Waals surface area contributed by atoms with Crippen molar-refractivity contribution in [3.05, 3.63) is 64.1 Å². The lowest BCUT2D eigenvalue weighted by atomic mass is 10.1. The lowest BCUT2D eigenvalue weighted by Crippen LogP contribution is -2.44. The van der Waals surface area contributed by atoms with Crippen LogP contribution >= 0.6 is 15.9 Å². The van der Waals surface area contributed by atoms with Crippen LogP contribution in [0, 0.1) is 0 Å². The fourth-order valence-electron chi connectivity index (χ4n) is 2.49. The van der Waals surface area contributed by atoms with E-state index >= 15 is 0 Å². The maximum absolute atomic E-state index is 12.4. The molecule has 0 saturated heterocycles. The van der Waals surface area contributed by atoms with Gasteiger partial charge < -0.3 is 4.90 Å². The van der Waals surface area contributed by atoms with Gasteiger partial charge in [-0.1, -0.05) is 52.3 Å². The third-order valence-electron chi connectivity index (χ3n) is 3.52. The van der Waals surface area contributed by atoms with Crippen molar-refractivity contribution in [1.82, 2.24) is 4.90 Å². The van der Waals surface area contributed by atoms with Gasteiger partial charge >= 0.3 is 6.03 Å². The van der Waals surface area contributed by atoms with E-state index in [2.05, 4.69) is 15.9 Å². The van der Waals surface area contributed by atoms with E-state index in [0.717, 1.165) is 21.3 Å². The first-order valence-corrected chi connectivity index (χ1v) is 7.30. The Balaban J connectivity index is 2.01. The van der Waals surface area contributed by atoms with Crippen molar-refractivity contribution >= 4 is 27.6 Å². The smallest absolute Gasteiger partial charge is 0.323 e. The van der Waals surface area contributed by atoms with Crippen molar-refractivity contribution in [3.63, 3.8) is 0 Å². The molecule has 0 radical (unpaired) electrons. The summed E-state index contributed by atoms with van der Waals surface area (Å²) < 4.78 is 1.05. The third-order valence-corrected chi connectivity index (χ3v) is 4.26. The molecule has 102 valence electrons. The molecule has 0 bridgehead atoms. The summed E-state index contributed by atoms with van der Waals surface area (Å²) in [6.45, 7) is 1.23. The zero-order chi connectivity index (χ0) is 14.1. The van der Waals surface area contributed by atoms with Gasteiger partial charge in [0.05, 0.1) is 18.8 Å². The molecule has 0 N–H and O–H groups in total. The summed E-state index contributed by atoms with van der Waals surface area (Å²) in [5, 5.41) is 0. The molecule has 0 aromatic heterocycles. The third kappa shape index (κ3) is 2.31. The average Bonchev–Trinajstić information content (AvgIpc) is 2.46. The molecule has 3 rings (SSSR count). The quantitative estimate of drug-likeness (QED) is 0.815. The van der Waals surface area contributed by atoms with Crippen molar-refractivity contribution < 1.29 is 4.79 Å². The summed E-state index contributed by atoms with van der Waals surface area (Å²) in [6, 6.07) is 16.1. The van der Waals surface area contributed by atoms with Crippen molar-refractivity contribution in [2.75, 3.05) is 11.9 Å². The number of nitrogens with zero attached hydrogens (tertiary/aromatic N) is 2. The predicted molar refractivity (Wildman–Crippen MR) is 83.6 cm³/mol. The van der Waals surface area contributed by atoms with Crippen LogP contribution < -0.4 is 4.90 Å². The first kappa shape index (κ1) is 13.2. The van der Waals surface area contributed by atoms with E-state index in [1.807, 2.05) is 60.5 Å². The highest BCUT2D eigenvalue weighted by Crippen LogP contribution is 2.34. The molecule has 20 heavy (non-hydrogen) atoms. The van der Waals surface area contributed by atoms with E-state index in [0.29, 0.717) is 13.1 Å². The highest BCUT2D eigenvalue weighted by molar-refractivity contribution is 9.10. The molecule has 1 aliphatic rings. The fourth-order valence-corrected chi connectivity index (χ4v) is 2.97. The molecule has 2 amide bonds. The first-order valence-electron chi connectivity index (χ1n) is 6.51. The van der Waals surface area contributed by atoms with Gasteiger partial charge in [-0.15, -0.1) is 0 Å². The first-order chi connectivity index (χ1) is 9.66. The Morgan fingerprint density at radius 2 is 1.85 bits per heavy atom. The molecule has 1 heterocycles. The minimum atomic E-state index is 0.0412. The number of benzene rings is 2. The van der Waals surface area contributed by atoms with Gasteiger partial charge in [-0.05, 0) is 17.7 Å². The number of carbonyl (C=O) groups excluding carboxylic acids is 1. The van der Waals surface area contributed by atoms with E-state index in [9.17, 15) is 4.79 Å². The summed E-state index contributed by atoms with van der Waals surface area (Å²) in [5.74, 6) is 0. The molecule has 0 saturated carbocycles. The van der Waals surface area contributed by atoms with Gasteiger partial charge in [-0.2, -0.15) is 0 Å². The number of fused-ring (bicyclic) bond motifs is 1. The number of anilines is 1. The van der Waals surface area contributed by atoms with Crippen LogP contribution in [0.2, 0.25) is 0 Å². The Labute approximate surface area is 126 Å². The van der Waals surface area contributed by atoms with Gasteiger partial charge in [0, 0.05) is 17.1 Å². The summed E-state index contributed by atoms with van der Waals surface area (Å²) in [6.07, 6.45) is 0. The van der Waals surface area contributed by atoms with Gasteiger partial charge in [0.15, 0.2) is 0 Å². The Hall–Kier alpha value is -1.81. The maximum Gasteiger partial charge on any atom is 0.324 e. The van der Waals surface area contributed by atoms with E-state index in [4.69, 9.17) is 0 Å². The monoisotopic (exact) mass is 330 g/mol. The summed E-state index contributed by atoms with van der Waals surface area (Å²) >= 11 is 3.58. The standard InChI is InChI=1S/C16H15BrN2O/c1-18-11-13-14(17)8-5-9-15(13)19(16(18)20)10-12-6-3-2-4-7-12/h2-9H,10-11H2,1H3. The second-order valence-electron chi connectivity index (χ2n) is 4.95. The molecule has 2 aromatic rings. The van der Waals surface area contributed by atoms with E-state index in [1.165, 1.54) is 0 Å². The Kier molecular flexibility index (Phi) is 3.49. The van der Waals surface area contributed by atoms with Crippen molar-refractivity contribution in [1.29, 1.82) is 0 Å². The number of hydrogen-bond acceptors (Lipinski definition) is 1. The Morgan fingerprint density at radius 3 is 2.60 bits per heavy atom. The molecule has 4 heteroatoms. The van der Waals surface area contributed by atoms with E-state index in [1.54, 1.807) is 4.90 Å². The summed E-state index contributed by atoms with van der Waals surface area (Å²) in [5.41, 5.74) is 3.28. The molecular formula is C16H15BrN2O. The number of halogens is 1. The van der Waals surface area contributed by atoms with Crippen LogP contribution in [0.1, 0.15) is 11.1 Å². The molecular weight excluding hydrogens is 316 g/mol. The highest BCUT2D eigenvalue weighted by atomic mass is 79.9. The van der Waals surface area contributed by atoms with Crippen molar-refractivity contribution in [2.45, 2.75) is 13.1 Å². The molecule has 0 fully saturated rings. The zero-order valence-corrected chi connectivity index (χ0v) is 12.8. The topological polar surface area (TPSA) is 23.6 Å². The van der Waals surface area contributed by atoms with Crippen LogP contribution in [0.4, 0.5) is 10.5 Å². The average molecular weight is 331 g/mol. The normalized spacial score (nSPS) is 14.4. The van der Waals surface area contributed by atoms with Gasteiger partial charge in [0.25, 0.3) is 0 Å². The second-order valence-corrected chi connectivity index (χ2v) is 5.80. The van der Waals surface area contributed by atoms with Crippen LogP contribution in [0.25, 0.3) is 0 Å². The van der Waals surface area contributed by atoms with Gasteiger partial charge in [0.2, 0.25) is 0 Å². The van der Waals surface area contributed by atoms with Crippen LogP contribution in [-0.2, 0) is 13.1 Å². The van der Waals surface area contributed by atoms with Crippen LogP contribution in [0.5, 0.6) is 0 Å². The molecule has 1 aliphatic heterocycles. The minimum absolute atomic E-state index is 0.0412. The highest BCUT2D eigenvalue weighted by Gasteiger charge is 2.29. The van der Waals surface area contributed by atoms with Gasteiger partial charge in [-0.25, -0.2) is 4.79 Å². The predicted octanol–water partition coefficient (Wildman–Crippen LogP) is 4.02. The summed E-state index contributed by atoms with van der Waals surface area (Å²) in [4.78, 5) is 16.0. The number of amides is 2. The van der Waals surface area contributed by atoms with Crippen LogP contribution in [0.3, 0.4) is 0 Å². The number of carbonyl (C=O) groups is 1. The molecule has 0 unspecified atom stereocenters. The number of urea groups is 1. The SMILES string of the molecule is CN1Cc2c(Br)cccc2N(Cc2ccccc2)C1=O. The number of rotatable bonds is 2. The van der Waals surface area contributed by atoms with E-state index in [-0.39, 0.29) is 6.03 Å².